The van der Waals surface area contributed by atoms with Crippen molar-refractivity contribution in [3.8, 4) is 28.4 Å². The lowest BCUT2D eigenvalue weighted by atomic mass is 9.95. The number of nitrogens with one attached hydrogen (secondary N) is 1. The molecule has 1 amide bonds. The highest BCUT2D eigenvalue weighted by Crippen LogP contribution is 2.46. The molecule has 164 valence electrons. The number of rotatable bonds is 7. The average molecular weight is 431 g/mol. The van der Waals surface area contributed by atoms with Crippen LogP contribution in [0, 0.1) is 0 Å². The van der Waals surface area contributed by atoms with E-state index in [1.54, 1.807) is 33.4 Å². The summed E-state index contributed by atoms with van der Waals surface area (Å²) in [6.07, 6.45) is 1.23. The molecule has 0 saturated heterocycles. The van der Waals surface area contributed by atoms with E-state index in [0.29, 0.717) is 35.7 Å². The lowest BCUT2D eigenvalue weighted by molar-refractivity contribution is 0.0961. The van der Waals surface area contributed by atoms with E-state index in [-0.39, 0.29) is 18.3 Å². The van der Waals surface area contributed by atoms with Gasteiger partial charge in [-0.15, -0.1) is 0 Å². The third-order valence-electron chi connectivity index (χ3n) is 5.70. The number of ether oxygens (including phenoxy) is 3. The molecule has 0 aliphatic heterocycles. The van der Waals surface area contributed by atoms with Crippen LogP contribution in [0.4, 0.5) is 0 Å². The zero-order valence-electron chi connectivity index (χ0n) is 18.4. The summed E-state index contributed by atoms with van der Waals surface area (Å²) in [5, 5.41) is 2.61. The number of ketones is 1. The van der Waals surface area contributed by atoms with Crippen LogP contribution >= 0.6 is 0 Å². The lowest BCUT2D eigenvalue weighted by Crippen LogP contribution is -2.17. The number of Topliss-reactive ketones (excluding diaryl/α,β-unsaturated/α-hetero) is 1. The normalized spacial score (nSPS) is 12.3. The van der Waals surface area contributed by atoms with Gasteiger partial charge in [0.1, 0.15) is 6.61 Å². The first-order valence-corrected chi connectivity index (χ1v) is 10.4. The molecule has 32 heavy (non-hydrogen) atoms. The van der Waals surface area contributed by atoms with Crippen LogP contribution in [0.1, 0.15) is 38.3 Å². The highest BCUT2D eigenvalue weighted by Gasteiger charge is 2.26. The van der Waals surface area contributed by atoms with Crippen LogP contribution in [0.15, 0.2) is 54.6 Å². The standard InChI is InChI=1S/C26H25NO5/c1-27-26(29)17-9-7-16(8-10-17)15-32-24-21(12-14-23(30-2)25(24)31-3)18-5-4-6-20-19(18)11-13-22(20)28/h4-10,12,14H,11,13,15H2,1-3H3,(H,27,29). The lowest BCUT2D eigenvalue weighted by Gasteiger charge is -2.19. The van der Waals surface area contributed by atoms with Crippen LogP contribution in [-0.4, -0.2) is 33.0 Å². The first-order valence-electron chi connectivity index (χ1n) is 10.4. The van der Waals surface area contributed by atoms with Crippen LogP contribution in [0.25, 0.3) is 11.1 Å². The predicted molar refractivity (Wildman–Crippen MR) is 122 cm³/mol. The zero-order chi connectivity index (χ0) is 22.7. The van der Waals surface area contributed by atoms with Gasteiger partial charge in [-0.1, -0.05) is 30.3 Å². The molecule has 0 bridgehead atoms. The van der Waals surface area contributed by atoms with E-state index < -0.39 is 0 Å². The first kappa shape index (κ1) is 21.4. The molecule has 6 heteroatoms. The maximum Gasteiger partial charge on any atom is 0.251 e. The van der Waals surface area contributed by atoms with Crippen molar-refractivity contribution in [3.63, 3.8) is 0 Å². The highest BCUT2D eigenvalue weighted by molar-refractivity contribution is 6.02. The summed E-state index contributed by atoms with van der Waals surface area (Å²) < 4.78 is 17.4. The van der Waals surface area contributed by atoms with E-state index in [4.69, 9.17) is 14.2 Å². The molecule has 1 N–H and O–H groups in total. The minimum absolute atomic E-state index is 0.137. The fourth-order valence-electron chi connectivity index (χ4n) is 4.05. The Balaban J connectivity index is 1.73. The van der Waals surface area contributed by atoms with Gasteiger partial charge in [-0.2, -0.15) is 0 Å². The van der Waals surface area contributed by atoms with Crippen molar-refractivity contribution in [3.05, 3.63) is 76.9 Å². The van der Waals surface area contributed by atoms with Crippen molar-refractivity contribution in [1.29, 1.82) is 0 Å². The summed E-state index contributed by atoms with van der Waals surface area (Å²) in [6.45, 7) is 0.276. The third kappa shape index (κ3) is 3.91. The molecule has 0 spiro atoms. The third-order valence-corrected chi connectivity index (χ3v) is 5.70. The topological polar surface area (TPSA) is 73.9 Å². The molecule has 0 fully saturated rings. The monoisotopic (exact) mass is 431 g/mol. The van der Waals surface area contributed by atoms with Gasteiger partial charge in [0.25, 0.3) is 5.91 Å². The molecular weight excluding hydrogens is 406 g/mol. The van der Waals surface area contributed by atoms with Crippen molar-refractivity contribution in [1.82, 2.24) is 5.32 Å². The maximum absolute atomic E-state index is 12.3. The number of carbonyl (C=O) groups excluding carboxylic acids is 2. The molecule has 4 rings (SSSR count). The van der Waals surface area contributed by atoms with Crippen molar-refractivity contribution in [2.24, 2.45) is 0 Å². The van der Waals surface area contributed by atoms with Crippen LogP contribution < -0.4 is 19.5 Å². The molecule has 6 nitrogen and oxygen atoms in total. The minimum Gasteiger partial charge on any atom is -0.493 e. The summed E-state index contributed by atoms with van der Waals surface area (Å²) in [5.41, 5.74) is 5.09. The Morgan fingerprint density at radius 1 is 0.875 bits per heavy atom. The molecule has 0 unspecified atom stereocenters. The van der Waals surface area contributed by atoms with Gasteiger partial charge in [0.05, 0.1) is 14.2 Å². The van der Waals surface area contributed by atoms with Gasteiger partial charge in [-0.05, 0) is 47.4 Å². The maximum atomic E-state index is 12.3. The molecule has 1 aliphatic carbocycles. The molecular formula is C26H25NO5. The number of amides is 1. The Morgan fingerprint density at radius 2 is 1.62 bits per heavy atom. The molecule has 0 radical (unpaired) electrons. The summed E-state index contributed by atoms with van der Waals surface area (Å²) in [5.74, 6) is 1.64. The van der Waals surface area contributed by atoms with Crippen LogP contribution in [0.2, 0.25) is 0 Å². The van der Waals surface area contributed by atoms with E-state index in [1.165, 1.54) is 0 Å². The molecule has 0 heterocycles. The Morgan fingerprint density at radius 3 is 2.31 bits per heavy atom. The van der Waals surface area contributed by atoms with E-state index in [0.717, 1.165) is 27.8 Å². The Kier molecular flexibility index (Phi) is 6.12. The second kappa shape index (κ2) is 9.14. The van der Waals surface area contributed by atoms with Gasteiger partial charge in [-0.25, -0.2) is 0 Å². The van der Waals surface area contributed by atoms with Crippen molar-refractivity contribution >= 4 is 11.7 Å². The van der Waals surface area contributed by atoms with Crippen LogP contribution in [0.5, 0.6) is 17.2 Å². The van der Waals surface area contributed by atoms with Crippen LogP contribution in [0.3, 0.4) is 0 Å². The largest absolute Gasteiger partial charge is 0.493 e. The van der Waals surface area contributed by atoms with E-state index >= 15 is 0 Å². The van der Waals surface area contributed by atoms with Gasteiger partial charge < -0.3 is 19.5 Å². The summed E-state index contributed by atoms with van der Waals surface area (Å²) in [7, 11) is 4.76. The van der Waals surface area contributed by atoms with Gasteiger partial charge in [0.15, 0.2) is 17.3 Å². The predicted octanol–water partition coefficient (Wildman–Crippen LogP) is 4.44. The van der Waals surface area contributed by atoms with Gasteiger partial charge in [0, 0.05) is 30.2 Å². The summed E-state index contributed by atoms with van der Waals surface area (Å²) >= 11 is 0. The number of carbonyl (C=O) groups is 2. The quantitative estimate of drug-likeness (QED) is 0.599. The minimum atomic E-state index is -0.137. The van der Waals surface area contributed by atoms with E-state index in [2.05, 4.69) is 5.32 Å². The number of hydrogen-bond acceptors (Lipinski definition) is 5. The molecule has 1 aliphatic rings. The molecule has 0 saturated carbocycles. The summed E-state index contributed by atoms with van der Waals surface area (Å²) in [4.78, 5) is 24.0. The zero-order valence-corrected chi connectivity index (χ0v) is 18.4. The Labute approximate surface area is 187 Å². The molecule has 0 atom stereocenters. The van der Waals surface area contributed by atoms with Crippen molar-refractivity contribution in [2.75, 3.05) is 21.3 Å². The van der Waals surface area contributed by atoms with E-state index in [1.807, 2.05) is 42.5 Å². The molecule has 3 aromatic rings. The number of benzene rings is 3. The fourth-order valence-corrected chi connectivity index (χ4v) is 4.05. The van der Waals surface area contributed by atoms with Gasteiger partial charge in [-0.3, -0.25) is 9.59 Å². The Hall–Kier alpha value is -3.80. The molecule has 3 aromatic carbocycles. The SMILES string of the molecule is CNC(=O)c1ccc(COc2c(-c3cccc4c3CCC4=O)ccc(OC)c2OC)cc1. The number of hydrogen-bond donors (Lipinski definition) is 1. The van der Waals surface area contributed by atoms with Gasteiger partial charge >= 0.3 is 0 Å². The smallest absolute Gasteiger partial charge is 0.251 e. The van der Waals surface area contributed by atoms with E-state index in [9.17, 15) is 9.59 Å². The fraction of sp³-hybridized carbons (Fsp3) is 0.231. The summed E-state index contributed by atoms with van der Waals surface area (Å²) in [6, 6.07) is 16.8. The second-order valence-corrected chi connectivity index (χ2v) is 7.50. The number of methoxy groups -OCH3 is 2. The first-order chi connectivity index (χ1) is 15.6. The van der Waals surface area contributed by atoms with Crippen molar-refractivity contribution < 1.29 is 23.8 Å². The second-order valence-electron chi connectivity index (χ2n) is 7.50. The molecule has 0 aromatic heterocycles. The van der Waals surface area contributed by atoms with Crippen molar-refractivity contribution in [2.45, 2.75) is 19.4 Å². The van der Waals surface area contributed by atoms with Gasteiger partial charge in [0.2, 0.25) is 5.75 Å². The average Bonchev–Trinajstić information content (AvgIpc) is 3.22. The Bertz CT molecular complexity index is 1170. The number of fused-ring (bicyclic) bond motifs is 1. The highest BCUT2D eigenvalue weighted by atomic mass is 16.5. The van der Waals surface area contributed by atoms with Crippen LogP contribution in [-0.2, 0) is 13.0 Å².